The first kappa shape index (κ1) is 12.2. The Hall–Kier alpha value is -0.300. The number of aryl methyl sites for hydroxylation is 1. The molecule has 1 unspecified atom stereocenters. The van der Waals surface area contributed by atoms with Gasteiger partial charge in [-0.15, -0.1) is 0 Å². The summed E-state index contributed by atoms with van der Waals surface area (Å²) in [5.74, 6) is 0. The fourth-order valence-corrected chi connectivity index (χ4v) is 3.51. The third-order valence-corrected chi connectivity index (χ3v) is 5.47. The van der Waals surface area contributed by atoms with Gasteiger partial charge in [0.1, 0.15) is 0 Å². The van der Waals surface area contributed by atoms with Crippen LogP contribution in [0.4, 0.5) is 0 Å². The molecule has 2 rings (SSSR count). The summed E-state index contributed by atoms with van der Waals surface area (Å²) in [6.07, 6.45) is 6.75. The Bertz CT molecular complexity index is 333. The number of hydrogen-bond acceptors (Lipinski definition) is 0. The summed E-state index contributed by atoms with van der Waals surface area (Å²) in [5.41, 5.74) is 3.33. The SMILES string of the molecule is Cc1ccc(CC(Br)C2(C)CCCC2)cc1. The molecule has 1 saturated carbocycles. The normalized spacial score (nSPS) is 20.9. The minimum atomic E-state index is 0.519. The third-order valence-electron chi connectivity index (χ3n) is 4.04. The van der Waals surface area contributed by atoms with E-state index in [9.17, 15) is 0 Å². The van der Waals surface area contributed by atoms with Crippen LogP contribution in [0.2, 0.25) is 0 Å². The van der Waals surface area contributed by atoms with Gasteiger partial charge in [-0.3, -0.25) is 0 Å². The fraction of sp³-hybridized carbons (Fsp3) is 0.600. The van der Waals surface area contributed by atoms with E-state index in [-0.39, 0.29) is 0 Å². The van der Waals surface area contributed by atoms with Crippen molar-refractivity contribution in [3.63, 3.8) is 0 Å². The van der Waals surface area contributed by atoms with Crippen molar-refractivity contribution in [1.82, 2.24) is 0 Å². The molecule has 0 aromatic heterocycles. The molecule has 0 radical (unpaired) electrons. The van der Waals surface area contributed by atoms with Gasteiger partial charge in [0.2, 0.25) is 0 Å². The maximum Gasteiger partial charge on any atom is 0.0239 e. The van der Waals surface area contributed by atoms with Crippen LogP contribution in [-0.4, -0.2) is 4.83 Å². The maximum atomic E-state index is 3.92. The van der Waals surface area contributed by atoms with Gasteiger partial charge >= 0.3 is 0 Å². The molecular formula is C15H21Br. The molecule has 0 spiro atoms. The highest BCUT2D eigenvalue weighted by Crippen LogP contribution is 2.44. The highest BCUT2D eigenvalue weighted by molar-refractivity contribution is 9.09. The average Bonchev–Trinajstić information content (AvgIpc) is 2.70. The van der Waals surface area contributed by atoms with Gasteiger partial charge in [-0.25, -0.2) is 0 Å². The van der Waals surface area contributed by atoms with Gasteiger partial charge in [0, 0.05) is 4.83 Å². The first-order valence-corrected chi connectivity index (χ1v) is 7.21. The van der Waals surface area contributed by atoms with E-state index in [1.54, 1.807) is 0 Å². The first-order valence-electron chi connectivity index (χ1n) is 6.30. The summed E-state index contributed by atoms with van der Waals surface area (Å²) >= 11 is 3.92. The van der Waals surface area contributed by atoms with Crippen molar-refractivity contribution >= 4 is 15.9 Å². The van der Waals surface area contributed by atoms with Crippen LogP contribution in [-0.2, 0) is 6.42 Å². The maximum absolute atomic E-state index is 3.92. The highest BCUT2D eigenvalue weighted by Gasteiger charge is 2.35. The zero-order valence-corrected chi connectivity index (χ0v) is 11.9. The Kier molecular flexibility index (Phi) is 3.73. The van der Waals surface area contributed by atoms with Crippen LogP contribution in [0.25, 0.3) is 0 Å². The molecule has 1 aliphatic carbocycles. The first-order chi connectivity index (χ1) is 7.60. The van der Waals surface area contributed by atoms with Crippen molar-refractivity contribution in [1.29, 1.82) is 0 Å². The van der Waals surface area contributed by atoms with E-state index in [1.165, 1.54) is 36.8 Å². The Morgan fingerprint density at radius 3 is 2.31 bits per heavy atom. The third kappa shape index (κ3) is 2.68. The quantitative estimate of drug-likeness (QED) is 0.692. The number of benzene rings is 1. The van der Waals surface area contributed by atoms with Crippen LogP contribution in [0.15, 0.2) is 24.3 Å². The van der Waals surface area contributed by atoms with Crippen LogP contribution in [0.3, 0.4) is 0 Å². The van der Waals surface area contributed by atoms with Gasteiger partial charge in [-0.05, 0) is 37.2 Å². The lowest BCUT2D eigenvalue weighted by Crippen LogP contribution is -2.26. The molecule has 1 atom stereocenters. The van der Waals surface area contributed by atoms with E-state index in [0.717, 1.165) is 6.42 Å². The highest BCUT2D eigenvalue weighted by atomic mass is 79.9. The van der Waals surface area contributed by atoms with E-state index < -0.39 is 0 Å². The predicted octanol–water partition coefficient (Wildman–Crippen LogP) is 4.88. The standard InChI is InChI=1S/C15H21Br/c1-12-5-7-13(8-6-12)11-14(16)15(2)9-3-4-10-15/h5-8,14H,3-4,9-11H2,1-2H3. The van der Waals surface area contributed by atoms with Crippen LogP contribution in [0.1, 0.15) is 43.7 Å². The molecular weight excluding hydrogens is 260 g/mol. The molecule has 1 aliphatic rings. The van der Waals surface area contributed by atoms with Gasteiger partial charge in [0.15, 0.2) is 0 Å². The summed E-state index contributed by atoms with van der Waals surface area (Å²) in [6.45, 7) is 4.58. The van der Waals surface area contributed by atoms with Crippen LogP contribution in [0, 0.1) is 12.3 Å². The molecule has 0 heterocycles. The predicted molar refractivity (Wildman–Crippen MR) is 74.2 cm³/mol. The van der Waals surface area contributed by atoms with Crippen molar-refractivity contribution in [2.24, 2.45) is 5.41 Å². The number of alkyl halides is 1. The molecule has 0 nitrogen and oxygen atoms in total. The molecule has 0 aliphatic heterocycles. The van der Waals surface area contributed by atoms with Crippen LogP contribution in [0.5, 0.6) is 0 Å². The van der Waals surface area contributed by atoms with Gasteiger partial charge in [0.05, 0.1) is 0 Å². The van der Waals surface area contributed by atoms with Gasteiger partial charge in [-0.2, -0.15) is 0 Å². The molecule has 1 heteroatoms. The van der Waals surface area contributed by atoms with Crippen molar-refractivity contribution in [3.8, 4) is 0 Å². The zero-order chi connectivity index (χ0) is 11.6. The number of hydrogen-bond donors (Lipinski definition) is 0. The Labute approximate surface area is 108 Å². The van der Waals surface area contributed by atoms with Crippen molar-refractivity contribution in [2.45, 2.75) is 50.8 Å². The lowest BCUT2D eigenvalue weighted by molar-refractivity contribution is 0.325. The minimum Gasteiger partial charge on any atom is -0.0881 e. The summed E-state index contributed by atoms with van der Waals surface area (Å²) in [5, 5.41) is 0. The van der Waals surface area contributed by atoms with Gasteiger partial charge < -0.3 is 0 Å². The summed E-state index contributed by atoms with van der Waals surface area (Å²) in [7, 11) is 0. The van der Waals surface area contributed by atoms with Gasteiger partial charge in [-0.1, -0.05) is 65.5 Å². The van der Waals surface area contributed by atoms with E-state index >= 15 is 0 Å². The molecule has 0 N–H and O–H groups in total. The fourth-order valence-electron chi connectivity index (χ4n) is 2.67. The minimum absolute atomic E-state index is 0.519. The van der Waals surface area contributed by atoms with E-state index in [2.05, 4.69) is 54.0 Å². The van der Waals surface area contributed by atoms with E-state index in [1.807, 2.05) is 0 Å². The summed E-state index contributed by atoms with van der Waals surface area (Å²) in [4.78, 5) is 0.630. The molecule has 1 aromatic carbocycles. The molecule has 16 heavy (non-hydrogen) atoms. The summed E-state index contributed by atoms with van der Waals surface area (Å²) < 4.78 is 0. The van der Waals surface area contributed by atoms with Crippen molar-refractivity contribution in [2.75, 3.05) is 0 Å². The average molecular weight is 281 g/mol. The second kappa shape index (κ2) is 4.91. The zero-order valence-electron chi connectivity index (χ0n) is 10.3. The second-order valence-electron chi connectivity index (χ2n) is 5.52. The monoisotopic (exact) mass is 280 g/mol. The Morgan fingerprint density at radius 1 is 1.19 bits per heavy atom. The molecule has 0 saturated heterocycles. The second-order valence-corrected chi connectivity index (χ2v) is 6.62. The number of halogens is 1. The van der Waals surface area contributed by atoms with Crippen molar-refractivity contribution < 1.29 is 0 Å². The Balaban J connectivity index is 2.01. The largest absolute Gasteiger partial charge is 0.0881 e. The molecule has 0 amide bonds. The molecule has 88 valence electrons. The Morgan fingerprint density at radius 2 is 1.75 bits per heavy atom. The topological polar surface area (TPSA) is 0 Å². The molecule has 1 aromatic rings. The molecule has 1 fully saturated rings. The summed E-state index contributed by atoms with van der Waals surface area (Å²) in [6, 6.07) is 8.96. The van der Waals surface area contributed by atoms with E-state index in [4.69, 9.17) is 0 Å². The smallest absolute Gasteiger partial charge is 0.0239 e. The van der Waals surface area contributed by atoms with E-state index in [0.29, 0.717) is 10.2 Å². The van der Waals surface area contributed by atoms with Gasteiger partial charge in [0.25, 0.3) is 0 Å². The van der Waals surface area contributed by atoms with Crippen molar-refractivity contribution in [3.05, 3.63) is 35.4 Å². The lowest BCUT2D eigenvalue weighted by Gasteiger charge is -2.30. The number of rotatable bonds is 3. The van der Waals surface area contributed by atoms with Crippen LogP contribution >= 0.6 is 15.9 Å². The van der Waals surface area contributed by atoms with Crippen LogP contribution < -0.4 is 0 Å². The molecule has 0 bridgehead atoms. The lowest BCUT2D eigenvalue weighted by atomic mass is 9.82.